The summed E-state index contributed by atoms with van der Waals surface area (Å²) in [6, 6.07) is 11.1. The lowest BCUT2D eigenvalue weighted by molar-refractivity contribution is -0.119. The Morgan fingerprint density at radius 2 is 1.68 bits per heavy atom. The van der Waals surface area contributed by atoms with Gasteiger partial charge >= 0.3 is 5.97 Å². The number of hydrogen-bond acceptors (Lipinski definition) is 6. The number of pyridine rings is 1. The lowest BCUT2D eigenvalue weighted by atomic mass is 9.84. The molecule has 9 nitrogen and oxygen atoms in total. The van der Waals surface area contributed by atoms with Gasteiger partial charge in [-0.05, 0) is 88.0 Å². The van der Waals surface area contributed by atoms with Crippen molar-refractivity contribution in [2.75, 3.05) is 18.1 Å². The first kappa shape index (κ1) is 40.1. The maximum absolute atomic E-state index is 15.3. The number of carbonyl (C=O) groups is 2. The first-order valence-electron chi connectivity index (χ1n) is 16.4. The lowest BCUT2D eigenvalue weighted by Crippen LogP contribution is -2.43. The summed E-state index contributed by atoms with van der Waals surface area (Å²) in [5.74, 6) is -10.7. The number of amides is 1. The van der Waals surface area contributed by atoms with Crippen molar-refractivity contribution in [3.8, 4) is 5.75 Å². The van der Waals surface area contributed by atoms with Gasteiger partial charge in [0.2, 0.25) is 15.9 Å². The average Bonchev–Trinajstić information content (AvgIpc) is 3.95. The Morgan fingerprint density at radius 3 is 2.28 bits per heavy atom. The van der Waals surface area contributed by atoms with Crippen molar-refractivity contribution in [1.29, 1.82) is 0 Å². The molecule has 1 saturated carbocycles. The second-order valence-corrected chi connectivity index (χ2v) is 16.6. The summed E-state index contributed by atoms with van der Waals surface area (Å²) in [7, 11) is -5.37. The number of aromatic carboxylic acids is 1. The van der Waals surface area contributed by atoms with Gasteiger partial charge in [-0.15, -0.1) is 0 Å². The van der Waals surface area contributed by atoms with Crippen LogP contribution in [0.2, 0.25) is 5.02 Å². The Kier molecular flexibility index (Phi) is 11.9. The van der Waals surface area contributed by atoms with E-state index in [-0.39, 0.29) is 46.2 Å². The molecule has 53 heavy (non-hydrogen) atoms. The minimum atomic E-state index is -5.37. The minimum absolute atomic E-state index is 0.00341. The SMILES string of the molecule is CCOc1cc(C(=O)O)ccc1N(Cc1cc(C2CC2)cc(C(C)(C)C)c1)C(=O)CN(Cc1cnccc1Cl)S(=O)(=O)c1c(F)c(F)c(F)c(F)c1Br. The fourth-order valence-corrected chi connectivity index (χ4v) is 8.25. The molecule has 0 bridgehead atoms. The highest BCUT2D eigenvalue weighted by Crippen LogP contribution is 2.42. The average molecular weight is 841 g/mol. The molecule has 0 spiro atoms. The van der Waals surface area contributed by atoms with Gasteiger partial charge in [-0.1, -0.05) is 50.6 Å². The summed E-state index contributed by atoms with van der Waals surface area (Å²) in [6.07, 6.45) is 4.48. The van der Waals surface area contributed by atoms with E-state index in [0.717, 1.165) is 24.0 Å². The molecule has 0 unspecified atom stereocenters. The molecule has 1 amide bonds. The maximum Gasteiger partial charge on any atom is 0.335 e. The van der Waals surface area contributed by atoms with Gasteiger partial charge in [0.1, 0.15) is 10.6 Å². The van der Waals surface area contributed by atoms with E-state index in [4.69, 9.17) is 16.3 Å². The van der Waals surface area contributed by atoms with E-state index in [9.17, 15) is 36.3 Å². The summed E-state index contributed by atoms with van der Waals surface area (Å²) in [4.78, 5) is 30.1. The van der Waals surface area contributed by atoms with Crippen LogP contribution in [0.3, 0.4) is 0 Å². The van der Waals surface area contributed by atoms with Crippen LogP contribution in [0.5, 0.6) is 5.75 Å². The largest absolute Gasteiger partial charge is 0.492 e. The standard InChI is InChI=1S/C37H35BrClF4N3O6S/c1-5-52-28-15-22(36(48)49)8-9-27(28)46(17-20-12-23(21-6-7-21)14-25(13-20)37(2,3)4)29(47)19-45(18-24-16-44-11-10-26(24)39)53(50,51)35-30(38)31(40)32(41)33(42)34(35)43/h8-16,21H,5-7,17-19H2,1-4H3,(H,48,49). The topological polar surface area (TPSA) is 117 Å². The van der Waals surface area contributed by atoms with E-state index >= 15 is 4.39 Å². The lowest BCUT2D eigenvalue weighted by Gasteiger charge is -2.30. The van der Waals surface area contributed by atoms with Crippen molar-refractivity contribution in [3.05, 3.63) is 115 Å². The van der Waals surface area contributed by atoms with Crippen LogP contribution in [0.1, 0.15) is 79.1 Å². The van der Waals surface area contributed by atoms with Crippen LogP contribution in [0.25, 0.3) is 0 Å². The molecule has 0 aliphatic heterocycles. The van der Waals surface area contributed by atoms with Gasteiger partial charge < -0.3 is 14.7 Å². The summed E-state index contributed by atoms with van der Waals surface area (Å²) in [5.41, 5.74) is 2.39. The normalized spacial score (nSPS) is 13.3. The molecular formula is C37H35BrClF4N3O6S. The molecule has 0 atom stereocenters. The number of carboxylic acids is 1. The fraction of sp³-hybridized carbons (Fsp3) is 0.324. The van der Waals surface area contributed by atoms with E-state index in [1.54, 1.807) is 6.92 Å². The van der Waals surface area contributed by atoms with Gasteiger partial charge in [0.15, 0.2) is 23.3 Å². The third kappa shape index (κ3) is 8.69. The van der Waals surface area contributed by atoms with E-state index in [0.29, 0.717) is 15.8 Å². The first-order chi connectivity index (χ1) is 24.8. The molecule has 282 valence electrons. The fourth-order valence-electron chi connectivity index (χ4n) is 5.65. The first-order valence-corrected chi connectivity index (χ1v) is 19.0. The maximum atomic E-state index is 15.3. The van der Waals surface area contributed by atoms with Gasteiger partial charge in [-0.3, -0.25) is 9.78 Å². The number of carboxylic acid groups (broad SMARTS) is 1. The third-order valence-corrected chi connectivity index (χ3v) is 11.9. The Hall–Kier alpha value is -4.05. The number of ether oxygens (including phenoxy) is 1. The Balaban J connectivity index is 1.68. The highest BCUT2D eigenvalue weighted by Gasteiger charge is 2.38. The van der Waals surface area contributed by atoms with Crippen LogP contribution >= 0.6 is 27.5 Å². The molecule has 0 saturated heterocycles. The number of hydrogen-bond donors (Lipinski definition) is 1. The van der Waals surface area contributed by atoms with Crippen LogP contribution < -0.4 is 9.64 Å². The number of carbonyl (C=O) groups excluding carboxylic acids is 1. The third-order valence-electron chi connectivity index (χ3n) is 8.64. The molecule has 1 N–H and O–H groups in total. The smallest absolute Gasteiger partial charge is 0.335 e. The zero-order valence-electron chi connectivity index (χ0n) is 29.0. The monoisotopic (exact) mass is 839 g/mol. The number of halogens is 6. The van der Waals surface area contributed by atoms with Gasteiger partial charge in [0, 0.05) is 29.5 Å². The van der Waals surface area contributed by atoms with Crippen molar-refractivity contribution in [3.63, 3.8) is 0 Å². The van der Waals surface area contributed by atoms with Gasteiger partial charge in [0.05, 0.1) is 35.4 Å². The van der Waals surface area contributed by atoms with Crippen molar-refractivity contribution in [2.45, 2.75) is 69.9 Å². The molecule has 1 aliphatic carbocycles. The van der Waals surface area contributed by atoms with E-state index in [1.165, 1.54) is 41.6 Å². The second-order valence-electron chi connectivity index (χ2n) is 13.5. The second kappa shape index (κ2) is 15.7. The molecule has 1 fully saturated rings. The zero-order chi connectivity index (χ0) is 39.0. The van der Waals surface area contributed by atoms with Gasteiger partial charge in [-0.25, -0.2) is 30.8 Å². The van der Waals surface area contributed by atoms with Crippen LogP contribution in [0, 0.1) is 23.3 Å². The van der Waals surface area contributed by atoms with E-state index < -0.39 is 67.6 Å². The quantitative estimate of drug-likeness (QED) is 0.0813. The highest BCUT2D eigenvalue weighted by molar-refractivity contribution is 9.10. The summed E-state index contributed by atoms with van der Waals surface area (Å²) >= 11 is 8.88. The van der Waals surface area contributed by atoms with Crippen LogP contribution in [-0.2, 0) is 33.3 Å². The van der Waals surface area contributed by atoms with Crippen LogP contribution in [-0.4, -0.2) is 47.8 Å². The molecule has 4 aromatic rings. The summed E-state index contributed by atoms with van der Waals surface area (Å²) < 4.78 is 92.1. The number of nitrogens with zero attached hydrogens (tertiary/aromatic N) is 3. The summed E-state index contributed by atoms with van der Waals surface area (Å²) in [5, 5.41) is 9.70. The van der Waals surface area contributed by atoms with E-state index in [1.807, 2.05) is 32.9 Å². The number of sulfonamides is 1. The van der Waals surface area contributed by atoms with Crippen LogP contribution in [0.15, 0.2) is 64.2 Å². The Morgan fingerprint density at radius 1 is 1.00 bits per heavy atom. The Labute approximate surface area is 317 Å². The number of benzene rings is 3. The zero-order valence-corrected chi connectivity index (χ0v) is 32.2. The minimum Gasteiger partial charge on any atom is -0.492 e. The molecule has 0 radical (unpaired) electrons. The predicted molar refractivity (Wildman–Crippen MR) is 194 cm³/mol. The molecule has 16 heteroatoms. The Bertz CT molecular complexity index is 2170. The molecule has 5 rings (SSSR count). The molecule has 1 heterocycles. The van der Waals surface area contributed by atoms with Crippen LogP contribution in [0.4, 0.5) is 23.2 Å². The van der Waals surface area contributed by atoms with Crippen molar-refractivity contribution >= 4 is 55.1 Å². The predicted octanol–water partition coefficient (Wildman–Crippen LogP) is 8.75. The van der Waals surface area contributed by atoms with Gasteiger partial charge in [-0.2, -0.15) is 4.31 Å². The van der Waals surface area contributed by atoms with Crippen molar-refractivity contribution in [2.24, 2.45) is 0 Å². The number of aromatic nitrogens is 1. The highest BCUT2D eigenvalue weighted by atomic mass is 79.9. The van der Waals surface area contributed by atoms with E-state index in [2.05, 4.69) is 27.0 Å². The van der Waals surface area contributed by atoms with Crippen molar-refractivity contribution in [1.82, 2.24) is 9.29 Å². The van der Waals surface area contributed by atoms with Crippen molar-refractivity contribution < 1.29 is 45.4 Å². The number of anilines is 1. The van der Waals surface area contributed by atoms with Gasteiger partial charge in [0.25, 0.3) is 0 Å². The molecule has 1 aliphatic rings. The molecule has 1 aromatic heterocycles. The summed E-state index contributed by atoms with van der Waals surface area (Å²) in [6.45, 7) is 5.87. The molecular weight excluding hydrogens is 806 g/mol. The molecule has 3 aromatic carbocycles. The number of rotatable bonds is 13.